The molecule has 19 heavy (non-hydrogen) atoms. The Balaban J connectivity index is 2.02. The van der Waals surface area contributed by atoms with Crippen molar-refractivity contribution < 1.29 is 0 Å². The van der Waals surface area contributed by atoms with Crippen molar-refractivity contribution in [3.63, 3.8) is 0 Å². The molecule has 2 aromatic rings. The van der Waals surface area contributed by atoms with E-state index in [1.165, 1.54) is 5.56 Å². The molecule has 0 saturated carbocycles. The molecule has 0 aliphatic rings. The van der Waals surface area contributed by atoms with Gasteiger partial charge >= 0.3 is 0 Å². The second kappa shape index (κ2) is 6.50. The van der Waals surface area contributed by atoms with E-state index in [4.69, 9.17) is 29.6 Å². The molecule has 1 heterocycles. The number of halogens is 1. The van der Waals surface area contributed by atoms with Gasteiger partial charge in [-0.15, -0.1) is 0 Å². The summed E-state index contributed by atoms with van der Waals surface area (Å²) in [6.45, 7) is 0.781. The highest BCUT2D eigenvalue weighted by atomic mass is 35.5. The van der Waals surface area contributed by atoms with Gasteiger partial charge in [-0.3, -0.25) is 4.98 Å². The number of nitrogens with zero attached hydrogens (tertiary/aromatic N) is 1. The van der Waals surface area contributed by atoms with E-state index in [2.05, 4.69) is 10.3 Å². The summed E-state index contributed by atoms with van der Waals surface area (Å²) in [4.78, 5) is 4.42. The van der Waals surface area contributed by atoms with Gasteiger partial charge in [0.25, 0.3) is 0 Å². The summed E-state index contributed by atoms with van der Waals surface area (Å²) in [5, 5.41) is 3.94. The van der Waals surface area contributed by atoms with E-state index in [0.29, 0.717) is 10.0 Å². The first kappa shape index (κ1) is 13.8. The van der Waals surface area contributed by atoms with Gasteiger partial charge in [-0.1, -0.05) is 29.9 Å². The zero-order valence-corrected chi connectivity index (χ0v) is 11.8. The van der Waals surface area contributed by atoms with Gasteiger partial charge in [0.15, 0.2) is 0 Å². The van der Waals surface area contributed by atoms with Gasteiger partial charge in [-0.25, -0.2) is 0 Å². The Morgan fingerprint density at radius 3 is 2.89 bits per heavy atom. The van der Waals surface area contributed by atoms with Crippen molar-refractivity contribution in [1.82, 2.24) is 4.98 Å². The van der Waals surface area contributed by atoms with Crippen molar-refractivity contribution in [3.05, 3.63) is 58.9 Å². The summed E-state index contributed by atoms with van der Waals surface area (Å²) in [6, 6.07) is 9.45. The van der Waals surface area contributed by atoms with E-state index in [0.717, 1.165) is 24.2 Å². The molecule has 0 unspecified atom stereocenters. The molecule has 0 bridgehead atoms. The first-order valence-corrected chi connectivity index (χ1v) is 6.67. The van der Waals surface area contributed by atoms with Crippen LogP contribution in [-0.2, 0) is 6.42 Å². The summed E-state index contributed by atoms with van der Waals surface area (Å²) in [6.07, 6.45) is 4.51. The van der Waals surface area contributed by atoms with Crippen LogP contribution in [0.5, 0.6) is 0 Å². The van der Waals surface area contributed by atoms with Crippen LogP contribution in [0.4, 0.5) is 5.69 Å². The SMILES string of the molecule is NC(=S)c1cc(Cl)ccc1NCCc1cccnc1. The summed E-state index contributed by atoms with van der Waals surface area (Å²) in [5.74, 6) is 0. The number of pyridine rings is 1. The van der Waals surface area contributed by atoms with Gasteiger partial charge in [0.2, 0.25) is 0 Å². The van der Waals surface area contributed by atoms with Gasteiger partial charge in [0.05, 0.1) is 0 Å². The Hall–Kier alpha value is -1.65. The Kier molecular flexibility index (Phi) is 4.71. The quantitative estimate of drug-likeness (QED) is 0.832. The first-order valence-electron chi connectivity index (χ1n) is 5.89. The second-order valence-electron chi connectivity index (χ2n) is 4.09. The van der Waals surface area contributed by atoms with E-state index in [-0.39, 0.29) is 0 Å². The first-order chi connectivity index (χ1) is 9.16. The minimum absolute atomic E-state index is 0.339. The molecule has 0 amide bonds. The van der Waals surface area contributed by atoms with Crippen LogP contribution in [-0.4, -0.2) is 16.5 Å². The molecule has 3 nitrogen and oxygen atoms in total. The van der Waals surface area contributed by atoms with E-state index in [1.807, 2.05) is 30.5 Å². The molecule has 0 fully saturated rings. The highest BCUT2D eigenvalue weighted by Crippen LogP contribution is 2.20. The number of nitrogens with two attached hydrogens (primary N) is 1. The molecule has 5 heteroatoms. The third kappa shape index (κ3) is 3.91. The highest BCUT2D eigenvalue weighted by molar-refractivity contribution is 7.80. The fourth-order valence-electron chi connectivity index (χ4n) is 1.76. The summed E-state index contributed by atoms with van der Waals surface area (Å²) in [5.41, 5.74) is 8.55. The molecule has 0 aliphatic carbocycles. The van der Waals surface area contributed by atoms with Gasteiger partial charge in [0.1, 0.15) is 4.99 Å². The molecule has 0 radical (unpaired) electrons. The molecule has 0 aliphatic heterocycles. The van der Waals surface area contributed by atoms with Crippen LogP contribution in [0.25, 0.3) is 0 Å². The van der Waals surface area contributed by atoms with Crippen molar-refractivity contribution in [3.8, 4) is 0 Å². The lowest BCUT2D eigenvalue weighted by molar-refractivity contribution is 1.00. The molecular formula is C14H14ClN3S. The maximum atomic E-state index is 5.94. The molecule has 0 saturated heterocycles. The minimum Gasteiger partial charge on any atom is -0.389 e. The lowest BCUT2D eigenvalue weighted by Crippen LogP contribution is -2.14. The van der Waals surface area contributed by atoms with Crippen molar-refractivity contribution in [1.29, 1.82) is 0 Å². The summed E-state index contributed by atoms with van der Waals surface area (Å²) < 4.78 is 0. The van der Waals surface area contributed by atoms with Crippen LogP contribution in [0.15, 0.2) is 42.7 Å². The maximum absolute atomic E-state index is 5.94. The summed E-state index contributed by atoms with van der Waals surface area (Å²) >= 11 is 11.0. The number of rotatable bonds is 5. The molecule has 1 aromatic carbocycles. The highest BCUT2D eigenvalue weighted by Gasteiger charge is 2.05. The normalized spacial score (nSPS) is 10.2. The number of thiocarbonyl (C=S) groups is 1. The van der Waals surface area contributed by atoms with Crippen LogP contribution >= 0.6 is 23.8 Å². The molecular weight excluding hydrogens is 278 g/mol. The standard InChI is InChI=1S/C14H14ClN3S/c15-11-3-4-13(12(8-11)14(16)19)18-7-5-10-2-1-6-17-9-10/h1-4,6,8-9,18H,5,7H2,(H2,16,19). The number of hydrogen-bond donors (Lipinski definition) is 2. The van der Waals surface area contributed by atoms with Crippen molar-refractivity contribution in [2.24, 2.45) is 5.73 Å². The largest absolute Gasteiger partial charge is 0.389 e. The number of hydrogen-bond acceptors (Lipinski definition) is 3. The van der Waals surface area contributed by atoms with Gasteiger partial charge < -0.3 is 11.1 Å². The van der Waals surface area contributed by atoms with E-state index >= 15 is 0 Å². The van der Waals surface area contributed by atoms with Crippen LogP contribution in [0.1, 0.15) is 11.1 Å². The monoisotopic (exact) mass is 291 g/mol. The average Bonchev–Trinajstić information content (AvgIpc) is 2.41. The van der Waals surface area contributed by atoms with E-state index < -0.39 is 0 Å². The molecule has 1 aromatic heterocycles. The van der Waals surface area contributed by atoms with Crippen LogP contribution in [0.2, 0.25) is 5.02 Å². The number of nitrogens with one attached hydrogen (secondary N) is 1. The Bertz CT molecular complexity index is 572. The van der Waals surface area contributed by atoms with E-state index in [1.54, 1.807) is 12.3 Å². The predicted molar refractivity (Wildman–Crippen MR) is 83.8 cm³/mol. The zero-order valence-electron chi connectivity index (χ0n) is 10.3. The lowest BCUT2D eigenvalue weighted by atomic mass is 10.1. The molecule has 3 N–H and O–H groups in total. The predicted octanol–water partition coefficient (Wildman–Crippen LogP) is 3.02. The molecule has 98 valence electrons. The number of aromatic nitrogens is 1. The van der Waals surface area contributed by atoms with Crippen LogP contribution in [0, 0.1) is 0 Å². The Labute approximate surface area is 122 Å². The third-order valence-corrected chi connectivity index (χ3v) is 3.15. The maximum Gasteiger partial charge on any atom is 0.106 e. The van der Waals surface area contributed by atoms with Crippen LogP contribution < -0.4 is 11.1 Å². The number of anilines is 1. The number of benzene rings is 1. The topological polar surface area (TPSA) is 50.9 Å². The third-order valence-electron chi connectivity index (χ3n) is 2.70. The average molecular weight is 292 g/mol. The van der Waals surface area contributed by atoms with Gasteiger partial charge in [-0.05, 0) is 36.2 Å². The summed E-state index contributed by atoms with van der Waals surface area (Å²) in [7, 11) is 0. The van der Waals surface area contributed by atoms with Gasteiger partial charge in [0, 0.05) is 35.2 Å². The van der Waals surface area contributed by atoms with Gasteiger partial charge in [-0.2, -0.15) is 0 Å². The second-order valence-corrected chi connectivity index (χ2v) is 4.97. The fraction of sp³-hybridized carbons (Fsp3) is 0.143. The zero-order chi connectivity index (χ0) is 13.7. The Morgan fingerprint density at radius 2 is 2.21 bits per heavy atom. The minimum atomic E-state index is 0.339. The Morgan fingerprint density at radius 1 is 1.37 bits per heavy atom. The molecule has 0 atom stereocenters. The molecule has 0 spiro atoms. The smallest absolute Gasteiger partial charge is 0.106 e. The van der Waals surface area contributed by atoms with Crippen LogP contribution in [0.3, 0.4) is 0 Å². The lowest BCUT2D eigenvalue weighted by Gasteiger charge is -2.11. The van der Waals surface area contributed by atoms with Crippen molar-refractivity contribution in [2.45, 2.75) is 6.42 Å². The fourth-order valence-corrected chi connectivity index (χ4v) is 2.10. The van der Waals surface area contributed by atoms with Crippen molar-refractivity contribution >= 4 is 34.5 Å². The van der Waals surface area contributed by atoms with Crippen molar-refractivity contribution in [2.75, 3.05) is 11.9 Å². The molecule has 2 rings (SSSR count). The van der Waals surface area contributed by atoms with E-state index in [9.17, 15) is 0 Å².